The molecule has 1 aliphatic carbocycles. The molecule has 1 aromatic rings. The standard InChI is InChI=1S/C18H26N2O5S/c1-5-20(6-2)26(24,25)13-9-7-12(8-10-13)11-19-16(21)14-15(17(22)23)18(14,3)4/h7-10,14-15H,5-6,11H2,1-4H3,(H,19,21)(H,22,23)/t14-,15+/m0/s1. The Bertz CT molecular complexity index is 782. The number of hydrogen-bond donors (Lipinski definition) is 2. The van der Waals surface area contributed by atoms with E-state index < -0.39 is 33.2 Å². The van der Waals surface area contributed by atoms with E-state index in [1.54, 1.807) is 39.8 Å². The summed E-state index contributed by atoms with van der Waals surface area (Å²) in [5.41, 5.74) is 0.208. The molecule has 0 aromatic heterocycles. The molecule has 0 aliphatic heterocycles. The third kappa shape index (κ3) is 3.76. The van der Waals surface area contributed by atoms with E-state index in [2.05, 4.69) is 5.32 Å². The lowest BCUT2D eigenvalue weighted by Crippen LogP contribution is -2.30. The van der Waals surface area contributed by atoms with Crippen molar-refractivity contribution in [1.29, 1.82) is 0 Å². The second kappa shape index (κ2) is 7.36. The van der Waals surface area contributed by atoms with Crippen LogP contribution in [0.2, 0.25) is 0 Å². The van der Waals surface area contributed by atoms with E-state index >= 15 is 0 Å². The van der Waals surface area contributed by atoms with Gasteiger partial charge in [-0.15, -0.1) is 0 Å². The SMILES string of the molecule is CCN(CC)S(=O)(=O)c1ccc(CNC(=O)[C@@H]2[C@H](C(=O)O)C2(C)C)cc1. The van der Waals surface area contributed by atoms with E-state index in [1.165, 1.54) is 16.4 Å². The summed E-state index contributed by atoms with van der Waals surface area (Å²) in [5, 5.41) is 11.9. The van der Waals surface area contributed by atoms with Gasteiger partial charge in [-0.3, -0.25) is 9.59 Å². The van der Waals surface area contributed by atoms with Crippen LogP contribution in [0.1, 0.15) is 33.3 Å². The number of rotatable bonds is 8. The van der Waals surface area contributed by atoms with Gasteiger partial charge < -0.3 is 10.4 Å². The van der Waals surface area contributed by atoms with Gasteiger partial charge in [0, 0.05) is 19.6 Å². The van der Waals surface area contributed by atoms with Crippen molar-refractivity contribution in [3.8, 4) is 0 Å². The van der Waals surface area contributed by atoms with Gasteiger partial charge in [0.2, 0.25) is 15.9 Å². The van der Waals surface area contributed by atoms with Crippen LogP contribution in [-0.2, 0) is 26.2 Å². The van der Waals surface area contributed by atoms with E-state index in [0.717, 1.165) is 5.56 Å². The van der Waals surface area contributed by atoms with E-state index in [1.807, 2.05) is 0 Å². The van der Waals surface area contributed by atoms with Crippen LogP contribution < -0.4 is 5.32 Å². The quantitative estimate of drug-likeness (QED) is 0.712. The molecule has 2 N–H and O–H groups in total. The molecule has 1 amide bonds. The number of nitrogens with zero attached hydrogens (tertiary/aromatic N) is 1. The summed E-state index contributed by atoms with van der Waals surface area (Å²) in [5.74, 6) is -2.45. The van der Waals surface area contributed by atoms with Crippen molar-refractivity contribution in [2.45, 2.75) is 39.1 Å². The summed E-state index contributed by atoms with van der Waals surface area (Å²) in [4.78, 5) is 23.6. The summed E-state index contributed by atoms with van der Waals surface area (Å²) >= 11 is 0. The molecule has 1 saturated carbocycles. The molecular formula is C18H26N2O5S. The lowest BCUT2D eigenvalue weighted by Gasteiger charge is -2.18. The van der Waals surface area contributed by atoms with Gasteiger partial charge in [0.25, 0.3) is 0 Å². The Morgan fingerprint density at radius 3 is 2.08 bits per heavy atom. The van der Waals surface area contributed by atoms with Crippen molar-refractivity contribution in [2.75, 3.05) is 13.1 Å². The van der Waals surface area contributed by atoms with Gasteiger partial charge in [-0.1, -0.05) is 39.8 Å². The summed E-state index contributed by atoms with van der Waals surface area (Å²) in [6.07, 6.45) is 0. The zero-order valence-corrected chi connectivity index (χ0v) is 16.3. The normalized spacial score (nSPS) is 21.4. The van der Waals surface area contributed by atoms with Gasteiger partial charge in [-0.2, -0.15) is 4.31 Å². The average molecular weight is 382 g/mol. The Labute approximate surface area is 154 Å². The highest BCUT2D eigenvalue weighted by molar-refractivity contribution is 7.89. The first-order valence-corrected chi connectivity index (χ1v) is 10.1. The molecule has 0 saturated heterocycles. The number of carbonyl (C=O) groups excluding carboxylic acids is 1. The molecule has 2 rings (SSSR count). The lowest BCUT2D eigenvalue weighted by molar-refractivity contribution is -0.140. The highest BCUT2D eigenvalue weighted by Crippen LogP contribution is 2.58. The molecular weight excluding hydrogens is 356 g/mol. The maximum absolute atomic E-state index is 12.4. The van der Waals surface area contributed by atoms with Gasteiger partial charge in [0.05, 0.1) is 16.7 Å². The topological polar surface area (TPSA) is 104 Å². The fraction of sp³-hybridized carbons (Fsp3) is 0.556. The highest BCUT2D eigenvalue weighted by Gasteiger charge is 2.65. The number of carboxylic acid groups (broad SMARTS) is 1. The first-order chi connectivity index (χ1) is 12.1. The maximum Gasteiger partial charge on any atom is 0.307 e. The average Bonchev–Trinajstić information content (AvgIpc) is 3.16. The Morgan fingerprint density at radius 1 is 1.12 bits per heavy atom. The number of carbonyl (C=O) groups is 2. The Hall–Kier alpha value is -1.93. The fourth-order valence-electron chi connectivity index (χ4n) is 3.38. The summed E-state index contributed by atoms with van der Waals surface area (Å²) < 4.78 is 26.3. The Balaban J connectivity index is 2.00. The number of aliphatic carboxylic acids is 1. The minimum absolute atomic E-state index is 0.213. The van der Waals surface area contributed by atoms with Crippen LogP contribution in [-0.4, -0.2) is 42.8 Å². The second-order valence-corrected chi connectivity index (χ2v) is 9.00. The third-order valence-electron chi connectivity index (χ3n) is 5.11. The summed E-state index contributed by atoms with van der Waals surface area (Å²) in [7, 11) is -3.50. The maximum atomic E-state index is 12.4. The molecule has 0 spiro atoms. The monoisotopic (exact) mass is 382 g/mol. The highest BCUT2D eigenvalue weighted by atomic mass is 32.2. The summed E-state index contributed by atoms with van der Waals surface area (Å²) in [6, 6.07) is 6.36. The predicted octanol–water partition coefficient (Wildman–Crippen LogP) is 1.69. The van der Waals surface area contributed by atoms with Crippen LogP contribution >= 0.6 is 0 Å². The smallest absolute Gasteiger partial charge is 0.307 e. The Morgan fingerprint density at radius 2 is 1.65 bits per heavy atom. The minimum Gasteiger partial charge on any atom is -0.481 e. The molecule has 144 valence electrons. The zero-order chi connectivity index (χ0) is 19.7. The van der Waals surface area contributed by atoms with Crippen molar-refractivity contribution in [3.05, 3.63) is 29.8 Å². The van der Waals surface area contributed by atoms with Gasteiger partial charge in [-0.25, -0.2) is 8.42 Å². The molecule has 8 heteroatoms. The molecule has 0 heterocycles. The number of amides is 1. The van der Waals surface area contributed by atoms with Gasteiger partial charge >= 0.3 is 5.97 Å². The lowest BCUT2D eigenvalue weighted by atomic mass is 10.1. The predicted molar refractivity (Wildman–Crippen MR) is 96.8 cm³/mol. The largest absolute Gasteiger partial charge is 0.481 e. The van der Waals surface area contributed by atoms with Crippen LogP contribution in [0.5, 0.6) is 0 Å². The van der Waals surface area contributed by atoms with E-state index in [-0.39, 0.29) is 17.3 Å². The van der Waals surface area contributed by atoms with Crippen LogP contribution in [0.25, 0.3) is 0 Å². The first-order valence-electron chi connectivity index (χ1n) is 8.67. The molecule has 0 bridgehead atoms. The van der Waals surface area contributed by atoms with Gasteiger partial charge in [-0.05, 0) is 23.1 Å². The molecule has 0 radical (unpaired) electrons. The fourth-order valence-corrected chi connectivity index (χ4v) is 4.84. The molecule has 1 aliphatic rings. The Kier molecular flexibility index (Phi) is 5.77. The zero-order valence-electron chi connectivity index (χ0n) is 15.5. The summed E-state index contributed by atoms with van der Waals surface area (Å²) in [6.45, 7) is 8.13. The van der Waals surface area contributed by atoms with Crippen LogP contribution in [0.3, 0.4) is 0 Å². The molecule has 1 fully saturated rings. The molecule has 1 aromatic carbocycles. The van der Waals surface area contributed by atoms with Gasteiger partial charge in [0.1, 0.15) is 0 Å². The number of hydrogen-bond acceptors (Lipinski definition) is 4. The first kappa shape index (κ1) is 20.4. The van der Waals surface area contributed by atoms with Crippen molar-refractivity contribution < 1.29 is 23.1 Å². The molecule has 2 atom stereocenters. The van der Waals surface area contributed by atoms with Crippen LogP contribution in [0, 0.1) is 17.3 Å². The third-order valence-corrected chi connectivity index (χ3v) is 7.17. The molecule has 0 unspecified atom stereocenters. The van der Waals surface area contributed by atoms with Crippen molar-refractivity contribution >= 4 is 21.9 Å². The number of sulfonamides is 1. The minimum atomic E-state index is -3.50. The molecule has 7 nitrogen and oxygen atoms in total. The molecule has 26 heavy (non-hydrogen) atoms. The van der Waals surface area contributed by atoms with Crippen LogP contribution in [0.15, 0.2) is 29.2 Å². The second-order valence-electron chi connectivity index (χ2n) is 7.07. The van der Waals surface area contributed by atoms with Crippen LogP contribution in [0.4, 0.5) is 0 Å². The van der Waals surface area contributed by atoms with Gasteiger partial charge in [0.15, 0.2) is 0 Å². The van der Waals surface area contributed by atoms with E-state index in [4.69, 9.17) is 5.11 Å². The number of carboxylic acids is 1. The van der Waals surface area contributed by atoms with Crippen molar-refractivity contribution in [3.63, 3.8) is 0 Å². The van der Waals surface area contributed by atoms with Crippen molar-refractivity contribution in [2.24, 2.45) is 17.3 Å². The van der Waals surface area contributed by atoms with Crippen molar-refractivity contribution in [1.82, 2.24) is 9.62 Å². The van der Waals surface area contributed by atoms with E-state index in [9.17, 15) is 18.0 Å². The number of nitrogens with one attached hydrogen (secondary N) is 1. The number of benzene rings is 1. The van der Waals surface area contributed by atoms with E-state index in [0.29, 0.717) is 13.1 Å².